The van der Waals surface area contributed by atoms with E-state index in [1.807, 2.05) is 0 Å². The molecule has 0 aliphatic heterocycles. The fourth-order valence-corrected chi connectivity index (χ4v) is 3.98. The van der Waals surface area contributed by atoms with Gasteiger partial charge in [-0.25, -0.2) is 26.3 Å². The lowest BCUT2D eigenvalue weighted by Crippen LogP contribution is -2.54. The lowest BCUT2D eigenvalue weighted by atomic mass is 9.86. The quantitative estimate of drug-likeness (QED) is 0.711. The van der Waals surface area contributed by atoms with E-state index in [9.17, 15) is 26.4 Å². The predicted molar refractivity (Wildman–Crippen MR) is 78.3 cm³/mol. The van der Waals surface area contributed by atoms with Gasteiger partial charge in [0.05, 0.1) is 6.54 Å². The highest BCUT2D eigenvalue weighted by Crippen LogP contribution is 2.28. The summed E-state index contributed by atoms with van der Waals surface area (Å²) in [6.07, 6.45) is 0.706. The van der Waals surface area contributed by atoms with E-state index in [4.69, 9.17) is 5.11 Å². The van der Waals surface area contributed by atoms with Crippen LogP contribution in [0, 0.1) is 17.5 Å². The van der Waals surface area contributed by atoms with Crippen LogP contribution in [0.3, 0.4) is 0 Å². The third kappa shape index (κ3) is 3.87. The highest BCUT2D eigenvalue weighted by Gasteiger charge is 2.37. The van der Waals surface area contributed by atoms with Crippen molar-refractivity contribution in [2.75, 3.05) is 13.1 Å². The van der Waals surface area contributed by atoms with Crippen LogP contribution in [-0.4, -0.2) is 49.6 Å². The first-order chi connectivity index (χ1) is 11.2. The van der Waals surface area contributed by atoms with Crippen molar-refractivity contribution in [2.45, 2.75) is 36.7 Å². The van der Waals surface area contributed by atoms with Crippen molar-refractivity contribution < 1.29 is 31.5 Å². The molecule has 1 aliphatic carbocycles. The third-order valence-corrected chi connectivity index (χ3v) is 5.52. The van der Waals surface area contributed by atoms with Crippen LogP contribution in [0.1, 0.15) is 19.8 Å². The van der Waals surface area contributed by atoms with Gasteiger partial charge in [0.2, 0.25) is 10.0 Å². The van der Waals surface area contributed by atoms with Gasteiger partial charge in [-0.2, -0.15) is 0 Å². The summed E-state index contributed by atoms with van der Waals surface area (Å²) in [7, 11) is -4.34. The number of hydrogen-bond donors (Lipinski definition) is 2. The number of halogens is 3. The number of sulfonamides is 1. The largest absolute Gasteiger partial charge is 0.480 e. The van der Waals surface area contributed by atoms with Crippen molar-refractivity contribution in [2.24, 2.45) is 0 Å². The number of nitrogens with one attached hydrogen (secondary N) is 1. The summed E-state index contributed by atoms with van der Waals surface area (Å²) in [5, 5.41) is 8.80. The van der Waals surface area contributed by atoms with E-state index in [0.29, 0.717) is 31.5 Å². The van der Waals surface area contributed by atoms with Crippen LogP contribution in [0.2, 0.25) is 0 Å². The Balaban J connectivity index is 2.03. The SMILES string of the molecule is CCN(CC(=O)O)C1CC(NS(=O)(=O)c2ccc(F)c(F)c2F)C1. The van der Waals surface area contributed by atoms with Gasteiger partial charge in [0.25, 0.3) is 0 Å². The van der Waals surface area contributed by atoms with E-state index in [-0.39, 0.29) is 12.6 Å². The Labute approximate surface area is 137 Å². The van der Waals surface area contributed by atoms with Gasteiger partial charge in [-0.15, -0.1) is 0 Å². The van der Waals surface area contributed by atoms with Gasteiger partial charge in [-0.3, -0.25) is 9.69 Å². The third-order valence-electron chi connectivity index (χ3n) is 3.99. The van der Waals surface area contributed by atoms with Crippen LogP contribution in [0.5, 0.6) is 0 Å². The Morgan fingerprint density at radius 2 is 1.92 bits per heavy atom. The molecule has 0 radical (unpaired) electrons. The van der Waals surface area contributed by atoms with Crippen LogP contribution >= 0.6 is 0 Å². The van der Waals surface area contributed by atoms with Gasteiger partial charge in [-0.1, -0.05) is 6.92 Å². The minimum atomic E-state index is -4.34. The topological polar surface area (TPSA) is 86.7 Å². The van der Waals surface area contributed by atoms with Gasteiger partial charge in [0.1, 0.15) is 4.90 Å². The molecule has 1 saturated carbocycles. The van der Waals surface area contributed by atoms with E-state index >= 15 is 0 Å². The van der Waals surface area contributed by atoms with Gasteiger partial charge in [-0.05, 0) is 31.5 Å². The van der Waals surface area contributed by atoms with Crippen LogP contribution in [0.15, 0.2) is 17.0 Å². The minimum Gasteiger partial charge on any atom is -0.480 e. The smallest absolute Gasteiger partial charge is 0.317 e. The Kier molecular flexibility index (Phi) is 5.51. The number of nitrogens with zero attached hydrogens (tertiary/aromatic N) is 1. The normalized spacial score (nSPS) is 20.9. The Morgan fingerprint density at radius 3 is 2.46 bits per heavy atom. The van der Waals surface area contributed by atoms with Crippen LogP contribution in [0.25, 0.3) is 0 Å². The van der Waals surface area contributed by atoms with Crippen molar-refractivity contribution in [3.8, 4) is 0 Å². The molecule has 0 saturated heterocycles. The molecule has 6 nitrogen and oxygen atoms in total. The van der Waals surface area contributed by atoms with E-state index in [2.05, 4.69) is 4.72 Å². The van der Waals surface area contributed by atoms with Crippen molar-refractivity contribution in [1.29, 1.82) is 0 Å². The number of rotatable bonds is 7. The summed E-state index contributed by atoms with van der Waals surface area (Å²) in [5.41, 5.74) is 0. The molecule has 10 heteroatoms. The molecule has 134 valence electrons. The fourth-order valence-electron chi connectivity index (χ4n) is 2.65. The average Bonchev–Trinajstić information content (AvgIpc) is 2.45. The lowest BCUT2D eigenvalue weighted by Gasteiger charge is -2.42. The molecule has 2 N–H and O–H groups in total. The van der Waals surface area contributed by atoms with Crippen molar-refractivity contribution in [3.63, 3.8) is 0 Å². The zero-order valence-electron chi connectivity index (χ0n) is 12.8. The predicted octanol–water partition coefficient (Wildman–Crippen LogP) is 1.32. The molecule has 0 amide bonds. The van der Waals surface area contributed by atoms with E-state index < -0.39 is 44.4 Å². The minimum absolute atomic E-state index is 0.103. The number of hydrogen-bond acceptors (Lipinski definition) is 4. The lowest BCUT2D eigenvalue weighted by molar-refractivity contribution is -0.139. The molecule has 24 heavy (non-hydrogen) atoms. The number of carbonyl (C=O) groups is 1. The first-order valence-electron chi connectivity index (χ1n) is 7.27. The number of carboxylic acid groups (broad SMARTS) is 1. The van der Waals surface area contributed by atoms with Gasteiger partial charge in [0, 0.05) is 12.1 Å². The molecule has 1 fully saturated rings. The van der Waals surface area contributed by atoms with Crippen LogP contribution < -0.4 is 4.72 Å². The summed E-state index contributed by atoms with van der Waals surface area (Å²) in [6, 6.07) is 0.584. The molecule has 1 aromatic carbocycles. The van der Waals surface area contributed by atoms with Gasteiger partial charge in [0.15, 0.2) is 17.5 Å². The molecular formula is C14H17F3N2O4S. The molecular weight excluding hydrogens is 349 g/mol. The number of benzene rings is 1. The molecule has 0 unspecified atom stereocenters. The molecule has 1 aromatic rings. The second-order valence-electron chi connectivity index (χ2n) is 5.57. The van der Waals surface area contributed by atoms with Crippen molar-refractivity contribution in [1.82, 2.24) is 9.62 Å². The molecule has 0 heterocycles. The average molecular weight is 366 g/mol. The summed E-state index contributed by atoms with van der Waals surface area (Å²) < 4.78 is 66.1. The highest BCUT2D eigenvalue weighted by atomic mass is 32.2. The summed E-state index contributed by atoms with van der Waals surface area (Å²) in [5.74, 6) is -6.06. The van der Waals surface area contributed by atoms with Crippen LogP contribution in [0.4, 0.5) is 13.2 Å². The van der Waals surface area contributed by atoms with Crippen molar-refractivity contribution >= 4 is 16.0 Å². The van der Waals surface area contributed by atoms with E-state index in [0.717, 1.165) is 0 Å². The highest BCUT2D eigenvalue weighted by molar-refractivity contribution is 7.89. The Morgan fingerprint density at radius 1 is 1.29 bits per heavy atom. The maximum atomic E-state index is 13.6. The molecule has 0 atom stereocenters. The Hall–Kier alpha value is -1.65. The molecule has 2 rings (SSSR count). The van der Waals surface area contributed by atoms with E-state index in [1.54, 1.807) is 11.8 Å². The zero-order valence-corrected chi connectivity index (χ0v) is 13.6. The summed E-state index contributed by atoms with van der Waals surface area (Å²) in [6.45, 7) is 2.13. The number of carboxylic acids is 1. The molecule has 1 aliphatic rings. The van der Waals surface area contributed by atoms with Gasteiger partial charge < -0.3 is 5.11 Å². The monoisotopic (exact) mass is 366 g/mol. The van der Waals surface area contributed by atoms with Crippen LogP contribution in [-0.2, 0) is 14.8 Å². The molecule has 0 aromatic heterocycles. The maximum absolute atomic E-state index is 13.6. The molecule has 0 bridgehead atoms. The zero-order chi connectivity index (χ0) is 18.1. The first-order valence-corrected chi connectivity index (χ1v) is 8.75. The first kappa shape index (κ1) is 18.7. The summed E-state index contributed by atoms with van der Waals surface area (Å²) >= 11 is 0. The maximum Gasteiger partial charge on any atom is 0.317 e. The standard InChI is InChI=1S/C14H17F3N2O4S/c1-2-19(7-12(20)21)9-5-8(6-9)18-24(22,23)11-4-3-10(15)13(16)14(11)17/h3-4,8-9,18H,2,5-7H2,1H3,(H,20,21). The molecule has 0 spiro atoms. The van der Waals surface area contributed by atoms with Gasteiger partial charge >= 0.3 is 5.97 Å². The number of aliphatic carboxylic acids is 1. The van der Waals surface area contributed by atoms with E-state index in [1.165, 1.54) is 0 Å². The fraction of sp³-hybridized carbons (Fsp3) is 0.500. The Bertz CT molecular complexity index is 736. The summed E-state index contributed by atoms with van der Waals surface area (Å²) in [4.78, 5) is 11.5. The second kappa shape index (κ2) is 7.08. The number of likely N-dealkylation sites (N-methyl/N-ethyl adjacent to an activating group) is 1. The van der Waals surface area contributed by atoms with Crippen molar-refractivity contribution in [3.05, 3.63) is 29.6 Å². The second-order valence-corrected chi connectivity index (χ2v) is 7.26.